The molecule has 1 atom stereocenters. The monoisotopic (exact) mass is 260 g/mol. The van der Waals surface area contributed by atoms with E-state index < -0.39 is 0 Å². The molecule has 0 aromatic heterocycles. The molecule has 5 heteroatoms. The van der Waals surface area contributed by atoms with Crippen molar-refractivity contribution in [1.82, 2.24) is 5.32 Å². The van der Waals surface area contributed by atoms with Gasteiger partial charge in [-0.3, -0.25) is 4.79 Å². The number of carbonyl (C=O) groups is 1. The van der Waals surface area contributed by atoms with Crippen molar-refractivity contribution in [2.75, 3.05) is 17.7 Å². The summed E-state index contributed by atoms with van der Waals surface area (Å²) in [6.07, 6.45) is 2.02. The molecule has 0 aliphatic heterocycles. The Morgan fingerprint density at radius 1 is 1.56 bits per heavy atom. The maximum Gasteiger partial charge on any atom is 0.251 e. The van der Waals surface area contributed by atoms with Crippen LogP contribution in [0.25, 0.3) is 0 Å². The molecule has 16 heavy (non-hydrogen) atoms. The highest BCUT2D eigenvalue weighted by Crippen LogP contribution is 2.07. The van der Waals surface area contributed by atoms with Crippen LogP contribution in [0.4, 0.5) is 5.69 Å². The van der Waals surface area contributed by atoms with Gasteiger partial charge in [0.1, 0.15) is 0 Å². The van der Waals surface area contributed by atoms with E-state index in [1.807, 2.05) is 13.2 Å². The van der Waals surface area contributed by atoms with E-state index in [1.54, 1.807) is 36.0 Å². The SMILES string of the molecule is CSCC(C)NC(=O)c1cccc(N)c1.Cl. The number of hydrogen-bond acceptors (Lipinski definition) is 3. The molecule has 0 aliphatic carbocycles. The van der Waals surface area contributed by atoms with Crippen LogP contribution in [0.15, 0.2) is 24.3 Å². The van der Waals surface area contributed by atoms with Crippen molar-refractivity contribution >= 4 is 35.8 Å². The van der Waals surface area contributed by atoms with E-state index in [0.29, 0.717) is 11.3 Å². The molecule has 0 radical (unpaired) electrons. The Morgan fingerprint density at radius 3 is 2.81 bits per heavy atom. The molecule has 0 bridgehead atoms. The maximum absolute atomic E-state index is 11.7. The average molecular weight is 261 g/mol. The Morgan fingerprint density at radius 2 is 2.25 bits per heavy atom. The van der Waals surface area contributed by atoms with Crippen LogP contribution in [0.1, 0.15) is 17.3 Å². The van der Waals surface area contributed by atoms with Gasteiger partial charge in [-0.2, -0.15) is 11.8 Å². The lowest BCUT2D eigenvalue weighted by molar-refractivity contribution is 0.0944. The van der Waals surface area contributed by atoms with Gasteiger partial charge in [-0.25, -0.2) is 0 Å². The number of carbonyl (C=O) groups excluding carboxylic acids is 1. The summed E-state index contributed by atoms with van der Waals surface area (Å²) in [5.74, 6) is 0.845. The number of nitrogen functional groups attached to an aromatic ring is 1. The van der Waals surface area contributed by atoms with E-state index in [0.717, 1.165) is 5.75 Å². The molecule has 0 fully saturated rings. The van der Waals surface area contributed by atoms with Gasteiger partial charge >= 0.3 is 0 Å². The Kier molecular flexibility index (Phi) is 7.01. The van der Waals surface area contributed by atoms with Gasteiger partial charge in [0.05, 0.1) is 0 Å². The lowest BCUT2D eigenvalue weighted by atomic mass is 10.2. The van der Waals surface area contributed by atoms with E-state index in [-0.39, 0.29) is 24.4 Å². The summed E-state index contributed by atoms with van der Waals surface area (Å²) in [5.41, 5.74) is 6.83. The zero-order chi connectivity index (χ0) is 11.3. The van der Waals surface area contributed by atoms with Crippen LogP contribution in [0.5, 0.6) is 0 Å². The number of benzene rings is 1. The van der Waals surface area contributed by atoms with E-state index >= 15 is 0 Å². The maximum atomic E-state index is 11.7. The fourth-order valence-electron chi connectivity index (χ4n) is 1.28. The van der Waals surface area contributed by atoms with E-state index in [9.17, 15) is 4.79 Å². The normalized spacial score (nSPS) is 11.4. The quantitative estimate of drug-likeness (QED) is 0.816. The first kappa shape index (κ1) is 15.1. The molecule has 1 rings (SSSR count). The highest BCUT2D eigenvalue weighted by atomic mass is 35.5. The Balaban J connectivity index is 0.00000225. The zero-order valence-electron chi connectivity index (χ0n) is 9.40. The van der Waals surface area contributed by atoms with Crippen LogP contribution in [-0.2, 0) is 0 Å². The lowest BCUT2D eigenvalue weighted by Gasteiger charge is -2.12. The highest BCUT2D eigenvalue weighted by Gasteiger charge is 2.08. The van der Waals surface area contributed by atoms with Gasteiger partial charge in [0.2, 0.25) is 0 Å². The molecule has 1 aromatic carbocycles. The van der Waals surface area contributed by atoms with Gasteiger partial charge in [-0.1, -0.05) is 6.07 Å². The summed E-state index contributed by atoms with van der Waals surface area (Å²) in [6.45, 7) is 1.99. The molecule has 0 spiro atoms. The van der Waals surface area contributed by atoms with E-state index in [4.69, 9.17) is 5.73 Å². The van der Waals surface area contributed by atoms with Crippen LogP contribution in [0.2, 0.25) is 0 Å². The molecule has 1 aromatic rings. The predicted molar refractivity (Wildman–Crippen MR) is 73.4 cm³/mol. The largest absolute Gasteiger partial charge is 0.399 e. The second-order valence-electron chi connectivity index (χ2n) is 3.46. The molecule has 1 unspecified atom stereocenters. The van der Waals surface area contributed by atoms with Crippen LogP contribution >= 0.6 is 24.2 Å². The molecule has 0 heterocycles. The number of thioether (sulfide) groups is 1. The third-order valence-corrected chi connectivity index (χ3v) is 2.78. The zero-order valence-corrected chi connectivity index (χ0v) is 11.0. The van der Waals surface area contributed by atoms with Gasteiger partial charge in [-0.05, 0) is 31.4 Å². The van der Waals surface area contributed by atoms with Crippen molar-refractivity contribution in [3.05, 3.63) is 29.8 Å². The third kappa shape index (κ3) is 4.77. The molecular weight excluding hydrogens is 244 g/mol. The molecule has 1 amide bonds. The van der Waals surface area contributed by atoms with Crippen molar-refractivity contribution in [2.24, 2.45) is 0 Å². The van der Waals surface area contributed by atoms with Gasteiger partial charge in [-0.15, -0.1) is 12.4 Å². The number of anilines is 1. The molecule has 0 saturated heterocycles. The van der Waals surface area contributed by atoms with Crippen molar-refractivity contribution in [1.29, 1.82) is 0 Å². The smallest absolute Gasteiger partial charge is 0.251 e. The number of rotatable bonds is 4. The second kappa shape index (κ2) is 7.41. The average Bonchev–Trinajstić information content (AvgIpc) is 2.18. The molecule has 0 saturated carbocycles. The van der Waals surface area contributed by atoms with Crippen LogP contribution in [0, 0.1) is 0 Å². The van der Waals surface area contributed by atoms with E-state index in [2.05, 4.69) is 5.32 Å². The van der Waals surface area contributed by atoms with E-state index in [1.165, 1.54) is 0 Å². The fourth-order valence-corrected chi connectivity index (χ4v) is 1.86. The first-order chi connectivity index (χ1) is 7.13. The fraction of sp³-hybridized carbons (Fsp3) is 0.364. The predicted octanol–water partition coefficient (Wildman–Crippen LogP) is 2.17. The summed E-state index contributed by atoms with van der Waals surface area (Å²) in [6, 6.07) is 7.17. The van der Waals surface area contributed by atoms with Gasteiger partial charge in [0, 0.05) is 23.0 Å². The summed E-state index contributed by atoms with van der Waals surface area (Å²) in [5, 5.41) is 2.91. The first-order valence-electron chi connectivity index (χ1n) is 4.79. The van der Waals surface area contributed by atoms with Gasteiger partial charge in [0.25, 0.3) is 5.91 Å². The molecule has 90 valence electrons. The first-order valence-corrected chi connectivity index (χ1v) is 6.18. The minimum Gasteiger partial charge on any atom is -0.399 e. The van der Waals surface area contributed by atoms with Crippen LogP contribution < -0.4 is 11.1 Å². The van der Waals surface area contributed by atoms with Crippen LogP contribution in [-0.4, -0.2) is 24.0 Å². The van der Waals surface area contributed by atoms with Crippen molar-refractivity contribution < 1.29 is 4.79 Å². The van der Waals surface area contributed by atoms with Gasteiger partial charge in [0.15, 0.2) is 0 Å². The topological polar surface area (TPSA) is 55.1 Å². The third-order valence-electron chi connectivity index (χ3n) is 1.94. The summed E-state index contributed by atoms with van der Waals surface area (Å²) in [4.78, 5) is 11.7. The lowest BCUT2D eigenvalue weighted by Crippen LogP contribution is -2.34. The second-order valence-corrected chi connectivity index (χ2v) is 4.37. The molecular formula is C11H17ClN2OS. The Hall–Kier alpha value is -0.870. The molecule has 3 N–H and O–H groups in total. The number of hydrogen-bond donors (Lipinski definition) is 2. The Bertz CT molecular complexity index is 347. The van der Waals surface area contributed by atoms with Crippen LogP contribution in [0.3, 0.4) is 0 Å². The van der Waals surface area contributed by atoms with Crippen molar-refractivity contribution in [3.63, 3.8) is 0 Å². The standard InChI is InChI=1S/C11H16N2OS.ClH/c1-8(7-15-2)13-11(14)9-4-3-5-10(12)6-9;/h3-6,8H,7,12H2,1-2H3,(H,13,14);1H. The number of halogens is 1. The molecule has 3 nitrogen and oxygen atoms in total. The summed E-state index contributed by atoms with van der Waals surface area (Å²) in [7, 11) is 0. The minimum atomic E-state index is -0.0659. The highest BCUT2D eigenvalue weighted by molar-refractivity contribution is 7.98. The van der Waals surface area contributed by atoms with Crippen molar-refractivity contribution in [3.8, 4) is 0 Å². The Labute approximate surface area is 107 Å². The summed E-state index contributed by atoms with van der Waals surface area (Å²) < 4.78 is 0. The molecule has 0 aliphatic rings. The number of nitrogens with two attached hydrogens (primary N) is 1. The van der Waals surface area contributed by atoms with Crippen molar-refractivity contribution in [2.45, 2.75) is 13.0 Å². The number of nitrogens with one attached hydrogen (secondary N) is 1. The number of amides is 1. The van der Waals surface area contributed by atoms with Gasteiger partial charge < -0.3 is 11.1 Å². The summed E-state index contributed by atoms with van der Waals surface area (Å²) >= 11 is 1.71. The minimum absolute atomic E-state index is 0.